The van der Waals surface area contributed by atoms with E-state index in [9.17, 15) is 27.6 Å². The average molecular weight is 493 g/mol. The highest BCUT2D eigenvalue weighted by Gasteiger charge is 2.48. The van der Waals surface area contributed by atoms with Gasteiger partial charge in [0.1, 0.15) is 17.2 Å². The summed E-state index contributed by atoms with van der Waals surface area (Å²) in [6.07, 6.45) is 4.58. The lowest BCUT2D eigenvalue weighted by atomic mass is 10.2. The molecule has 1 saturated carbocycles. The standard InChI is InChI=1S/C22H28N4O7S/c1-2-33-17-10-9-15(13-18(17)34(31,32)24-11-5-6-12-24)23-19(27)14-25-20(28)21(29)26(22(25)30)16-7-3-4-8-16/h9-10,13,16H,2-8,11-12,14H2,1H3,(H,23,27). The number of carbonyl (C=O) groups excluding carboxylic acids is 4. The maximum atomic E-state index is 13.1. The van der Waals surface area contributed by atoms with Crippen molar-refractivity contribution in [1.29, 1.82) is 0 Å². The van der Waals surface area contributed by atoms with E-state index in [1.165, 1.54) is 22.5 Å². The van der Waals surface area contributed by atoms with E-state index in [-0.39, 0.29) is 29.0 Å². The van der Waals surface area contributed by atoms with Crippen LogP contribution in [-0.4, -0.2) is 78.6 Å². The Bertz CT molecular complexity index is 1110. The molecule has 0 aromatic heterocycles. The average Bonchev–Trinajstić information content (AvgIpc) is 3.55. The predicted octanol–water partition coefficient (Wildman–Crippen LogP) is 1.54. The summed E-state index contributed by atoms with van der Waals surface area (Å²) in [5.41, 5.74) is 0.171. The maximum Gasteiger partial charge on any atom is 0.334 e. The fourth-order valence-electron chi connectivity index (χ4n) is 4.62. The van der Waals surface area contributed by atoms with E-state index in [0.29, 0.717) is 30.8 Å². The van der Waals surface area contributed by atoms with E-state index in [1.807, 2.05) is 0 Å². The van der Waals surface area contributed by atoms with Crippen LogP contribution in [0.25, 0.3) is 0 Å². The number of carbonyl (C=O) groups is 4. The zero-order valence-electron chi connectivity index (χ0n) is 19.0. The molecule has 0 bridgehead atoms. The molecule has 0 radical (unpaired) electrons. The molecule has 1 aromatic rings. The maximum absolute atomic E-state index is 13.1. The highest BCUT2D eigenvalue weighted by Crippen LogP contribution is 2.32. The third-order valence-electron chi connectivity index (χ3n) is 6.29. The third-order valence-corrected chi connectivity index (χ3v) is 8.21. The van der Waals surface area contributed by atoms with E-state index >= 15 is 0 Å². The molecule has 2 aliphatic heterocycles. The summed E-state index contributed by atoms with van der Waals surface area (Å²) in [6, 6.07) is 3.14. The van der Waals surface area contributed by atoms with Gasteiger partial charge in [0.25, 0.3) is 0 Å². The molecule has 11 nitrogen and oxygen atoms in total. The SMILES string of the molecule is CCOc1ccc(NC(=O)CN2C(=O)C(=O)N(C3CCCC3)C2=O)cc1S(=O)(=O)N1CCCC1. The van der Waals surface area contributed by atoms with Crippen LogP contribution >= 0.6 is 0 Å². The second-order valence-electron chi connectivity index (χ2n) is 8.54. The molecule has 12 heteroatoms. The fraction of sp³-hybridized carbons (Fsp3) is 0.545. The Balaban J connectivity index is 1.50. The smallest absolute Gasteiger partial charge is 0.334 e. The monoisotopic (exact) mass is 492 g/mol. The highest BCUT2D eigenvalue weighted by molar-refractivity contribution is 7.89. The van der Waals surface area contributed by atoms with Crippen molar-refractivity contribution in [3.8, 4) is 5.75 Å². The second-order valence-corrected chi connectivity index (χ2v) is 10.4. The number of sulfonamides is 1. The Labute approximate surface area is 198 Å². The number of benzene rings is 1. The molecule has 0 atom stereocenters. The van der Waals surface area contributed by atoms with E-state index in [0.717, 1.165) is 30.6 Å². The van der Waals surface area contributed by atoms with Gasteiger partial charge in [0.05, 0.1) is 6.61 Å². The molecule has 0 spiro atoms. The van der Waals surface area contributed by atoms with Gasteiger partial charge >= 0.3 is 17.8 Å². The highest BCUT2D eigenvalue weighted by atomic mass is 32.2. The van der Waals surface area contributed by atoms with Gasteiger partial charge in [-0.3, -0.25) is 19.3 Å². The molecule has 1 N–H and O–H groups in total. The minimum absolute atomic E-state index is 0.0649. The summed E-state index contributed by atoms with van der Waals surface area (Å²) in [6.45, 7) is 2.18. The molecular weight excluding hydrogens is 464 g/mol. The molecule has 2 heterocycles. The summed E-state index contributed by atoms with van der Waals surface area (Å²) in [5, 5.41) is 2.53. The van der Waals surface area contributed by atoms with Crippen molar-refractivity contribution in [3.63, 3.8) is 0 Å². The van der Waals surface area contributed by atoms with E-state index < -0.39 is 40.3 Å². The third kappa shape index (κ3) is 4.51. The number of hydrogen-bond acceptors (Lipinski definition) is 7. The number of anilines is 1. The molecule has 3 aliphatic rings. The Kier molecular flexibility index (Phi) is 6.89. The summed E-state index contributed by atoms with van der Waals surface area (Å²) in [7, 11) is -3.83. The van der Waals surface area contributed by atoms with Crippen LogP contribution < -0.4 is 10.1 Å². The second kappa shape index (κ2) is 9.71. The fourth-order valence-corrected chi connectivity index (χ4v) is 6.29. The van der Waals surface area contributed by atoms with Gasteiger partial charge in [-0.15, -0.1) is 0 Å². The number of urea groups is 1. The number of nitrogens with one attached hydrogen (secondary N) is 1. The summed E-state index contributed by atoms with van der Waals surface area (Å²) in [4.78, 5) is 51.5. The van der Waals surface area contributed by atoms with Crippen LogP contribution in [0.2, 0.25) is 0 Å². The van der Waals surface area contributed by atoms with Crippen molar-refractivity contribution in [2.45, 2.75) is 56.4 Å². The number of rotatable bonds is 8. The van der Waals surface area contributed by atoms with Gasteiger partial charge in [0.2, 0.25) is 15.9 Å². The van der Waals surface area contributed by atoms with Crippen LogP contribution in [0.3, 0.4) is 0 Å². The molecule has 1 aliphatic carbocycles. The van der Waals surface area contributed by atoms with Crippen LogP contribution in [0, 0.1) is 0 Å². The molecule has 34 heavy (non-hydrogen) atoms. The quantitative estimate of drug-likeness (QED) is 0.430. The topological polar surface area (TPSA) is 133 Å². The lowest BCUT2D eigenvalue weighted by molar-refractivity contribution is -0.144. The largest absolute Gasteiger partial charge is 0.492 e. The van der Waals surface area contributed by atoms with Crippen molar-refractivity contribution >= 4 is 39.5 Å². The first-order chi connectivity index (χ1) is 16.2. The molecular formula is C22H28N4O7S. The Morgan fingerprint density at radius 3 is 2.38 bits per heavy atom. The van der Waals surface area contributed by atoms with Crippen molar-refractivity contribution in [2.24, 2.45) is 0 Å². The van der Waals surface area contributed by atoms with Crippen molar-refractivity contribution < 1.29 is 32.3 Å². The van der Waals surface area contributed by atoms with Gasteiger partial charge in [-0.1, -0.05) is 12.8 Å². The molecule has 4 rings (SSSR count). The minimum atomic E-state index is -3.83. The number of imide groups is 2. The van der Waals surface area contributed by atoms with Crippen LogP contribution in [0.5, 0.6) is 5.75 Å². The summed E-state index contributed by atoms with van der Waals surface area (Å²) < 4.78 is 33.1. The first kappa shape index (κ1) is 24.1. The minimum Gasteiger partial charge on any atom is -0.492 e. The number of hydrogen-bond donors (Lipinski definition) is 1. The number of nitrogens with zero attached hydrogens (tertiary/aromatic N) is 3. The zero-order valence-corrected chi connectivity index (χ0v) is 19.8. The van der Waals surface area contributed by atoms with Gasteiger partial charge in [-0.05, 0) is 50.8 Å². The van der Waals surface area contributed by atoms with Crippen molar-refractivity contribution in [3.05, 3.63) is 18.2 Å². The first-order valence-corrected chi connectivity index (χ1v) is 12.9. The van der Waals surface area contributed by atoms with Crippen molar-refractivity contribution in [1.82, 2.24) is 14.1 Å². The molecule has 184 valence electrons. The normalized spacial score (nSPS) is 20.0. The van der Waals surface area contributed by atoms with E-state index in [1.54, 1.807) is 6.92 Å². The van der Waals surface area contributed by atoms with Gasteiger partial charge in [-0.2, -0.15) is 4.31 Å². The Morgan fingerprint density at radius 2 is 1.74 bits per heavy atom. The number of ether oxygens (including phenoxy) is 1. The van der Waals surface area contributed by atoms with Crippen LogP contribution in [-0.2, 0) is 24.4 Å². The molecule has 0 unspecified atom stereocenters. The summed E-state index contributed by atoms with van der Waals surface area (Å²) >= 11 is 0. The van der Waals surface area contributed by atoms with Gasteiger partial charge in [-0.25, -0.2) is 18.1 Å². The Morgan fingerprint density at radius 1 is 1.06 bits per heavy atom. The van der Waals surface area contributed by atoms with Gasteiger partial charge in [0.15, 0.2) is 0 Å². The molecule has 2 saturated heterocycles. The lowest BCUT2D eigenvalue weighted by Crippen LogP contribution is -2.41. The lowest BCUT2D eigenvalue weighted by Gasteiger charge is -2.21. The van der Waals surface area contributed by atoms with Crippen LogP contribution in [0.4, 0.5) is 10.5 Å². The molecule has 1 aromatic carbocycles. The Hall–Kier alpha value is -2.99. The predicted molar refractivity (Wildman–Crippen MR) is 120 cm³/mol. The van der Waals surface area contributed by atoms with Crippen LogP contribution in [0.1, 0.15) is 45.4 Å². The number of amides is 5. The van der Waals surface area contributed by atoms with Gasteiger partial charge < -0.3 is 10.1 Å². The van der Waals surface area contributed by atoms with Crippen molar-refractivity contribution in [2.75, 3.05) is 31.6 Å². The zero-order chi connectivity index (χ0) is 24.5. The van der Waals surface area contributed by atoms with E-state index in [2.05, 4.69) is 5.32 Å². The van der Waals surface area contributed by atoms with E-state index in [4.69, 9.17) is 4.74 Å². The molecule has 3 fully saturated rings. The van der Waals surface area contributed by atoms with Gasteiger partial charge in [0, 0.05) is 24.8 Å². The van der Waals surface area contributed by atoms with Crippen LogP contribution in [0.15, 0.2) is 23.1 Å². The first-order valence-electron chi connectivity index (χ1n) is 11.5. The summed E-state index contributed by atoms with van der Waals surface area (Å²) in [5.74, 6) is -2.49. The molecule has 5 amide bonds.